The summed E-state index contributed by atoms with van der Waals surface area (Å²) in [5.41, 5.74) is 0. The zero-order valence-corrected chi connectivity index (χ0v) is 9.07. The van der Waals surface area contributed by atoms with Crippen LogP contribution in [0.1, 0.15) is 19.8 Å². The van der Waals surface area contributed by atoms with Crippen molar-refractivity contribution in [1.82, 2.24) is 5.32 Å². The van der Waals surface area contributed by atoms with E-state index in [-0.39, 0.29) is 11.7 Å². The smallest absolute Gasteiger partial charge is 0.260 e. The minimum atomic E-state index is -0.550. The number of nitrogens with one attached hydrogen (secondary N) is 1. The molecule has 16 heavy (non-hydrogen) atoms. The van der Waals surface area contributed by atoms with Crippen molar-refractivity contribution in [3.05, 3.63) is 30.1 Å². The Balaban J connectivity index is 1.87. The van der Waals surface area contributed by atoms with E-state index >= 15 is 0 Å². The third kappa shape index (κ3) is 2.95. The second-order valence-electron chi connectivity index (χ2n) is 4.00. The lowest BCUT2D eigenvalue weighted by Crippen LogP contribution is -2.37. The van der Waals surface area contributed by atoms with E-state index in [1.54, 1.807) is 6.92 Å². The van der Waals surface area contributed by atoms with Crippen molar-refractivity contribution in [3.8, 4) is 5.75 Å². The van der Waals surface area contributed by atoms with Gasteiger partial charge in [0.25, 0.3) is 5.91 Å². The number of benzene rings is 1. The van der Waals surface area contributed by atoms with Gasteiger partial charge >= 0.3 is 0 Å². The van der Waals surface area contributed by atoms with Gasteiger partial charge in [0.05, 0.1) is 0 Å². The third-order valence-corrected chi connectivity index (χ3v) is 2.42. The van der Waals surface area contributed by atoms with E-state index in [1.807, 2.05) is 0 Å². The van der Waals surface area contributed by atoms with Crippen LogP contribution in [0.3, 0.4) is 0 Å². The molecule has 1 N–H and O–H groups in total. The highest BCUT2D eigenvalue weighted by Crippen LogP contribution is 2.19. The van der Waals surface area contributed by atoms with Crippen LogP contribution in [0.2, 0.25) is 0 Å². The average molecular weight is 223 g/mol. The molecule has 0 radical (unpaired) electrons. The van der Waals surface area contributed by atoms with Gasteiger partial charge in [-0.2, -0.15) is 0 Å². The first-order valence-electron chi connectivity index (χ1n) is 5.38. The maximum Gasteiger partial charge on any atom is 0.260 e. The first-order valence-corrected chi connectivity index (χ1v) is 5.38. The molecule has 2 rings (SSSR count). The molecule has 86 valence electrons. The summed E-state index contributed by atoms with van der Waals surface area (Å²) in [6.45, 7) is 1.68. The largest absolute Gasteiger partial charge is 0.481 e. The molecule has 1 aromatic carbocycles. The van der Waals surface area contributed by atoms with Crippen LogP contribution in [0, 0.1) is 5.82 Å². The highest BCUT2D eigenvalue weighted by molar-refractivity contribution is 5.81. The molecule has 4 heteroatoms. The Labute approximate surface area is 93.6 Å². The molecule has 1 saturated carbocycles. The van der Waals surface area contributed by atoms with E-state index in [1.165, 1.54) is 24.3 Å². The SMILES string of the molecule is C[C@@H](Oc1ccc(F)cc1)C(=O)NC1CC1. The van der Waals surface area contributed by atoms with Gasteiger partial charge < -0.3 is 10.1 Å². The van der Waals surface area contributed by atoms with Gasteiger partial charge in [-0.15, -0.1) is 0 Å². The van der Waals surface area contributed by atoms with Crippen LogP contribution >= 0.6 is 0 Å². The summed E-state index contributed by atoms with van der Waals surface area (Å²) < 4.78 is 18.0. The van der Waals surface area contributed by atoms with Gasteiger partial charge in [-0.25, -0.2) is 4.39 Å². The molecule has 0 saturated heterocycles. The summed E-state index contributed by atoms with van der Waals surface area (Å²) in [6, 6.07) is 5.96. The van der Waals surface area contributed by atoms with E-state index in [9.17, 15) is 9.18 Å². The first-order chi connectivity index (χ1) is 7.65. The molecule has 0 spiro atoms. The van der Waals surface area contributed by atoms with Crippen molar-refractivity contribution < 1.29 is 13.9 Å². The Hall–Kier alpha value is -1.58. The molecule has 1 aliphatic carbocycles. The predicted octanol–water partition coefficient (Wildman–Crippen LogP) is 1.87. The van der Waals surface area contributed by atoms with Crippen molar-refractivity contribution in [3.63, 3.8) is 0 Å². The van der Waals surface area contributed by atoms with Crippen LogP contribution in [-0.2, 0) is 4.79 Å². The average Bonchev–Trinajstić information content (AvgIpc) is 3.05. The van der Waals surface area contributed by atoms with Gasteiger partial charge in [0.2, 0.25) is 0 Å². The molecule has 0 aromatic heterocycles. The predicted molar refractivity (Wildman–Crippen MR) is 57.7 cm³/mol. The molecule has 0 bridgehead atoms. The van der Waals surface area contributed by atoms with Crippen molar-refractivity contribution in [1.29, 1.82) is 0 Å². The number of amides is 1. The van der Waals surface area contributed by atoms with Gasteiger partial charge in [0.1, 0.15) is 11.6 Å². The van der Waals surface area contributed by atoms with Crippen LogP contribution in [0.25, 0.3) is 0 Å². The number of hydrogen-bond acceptors (Lipinski definition) is 2. The van der Waals surface area contributed by atoms with Crippen LogP contribution in [0.15, 0.2) is 24.3 Å². The van der Waals surface area contributed by atoms with Gasteiger partial charge in [0.15, 0.2) is 6.10 Å². The summed E-state index contributed by atoms with van der Waals surface area (Å²) >= 11 is 0. The van der Waals surface area contributed by atoms with Crippen LogP contribution in [-0.4, -0.2) is 18.1 Å². The van der Waals surface area contributed by atoms with Crippen LogP contribution < -0.4 is 10.1 Å². The molecule has 0 heterocycles. The number of hydrogen-bond donors (Lipinski definition) is 1. The van der Waals surface area contributed by atoms with E-state index in [0.717, 1.165) is 12.8 Å². The number of carbonyl (C=O) groups excluding carboxylic acids is 1. The molecule has 3 nitrogen and oxygen atoms in total. The maximum absolute atomic E-state index is 12.6. The Morgan fingerprint density at radius 1 is 1.44 bits per heavy atom. The number of rotatable bonds is 4. The minimum Gasteiger partial charge on any atom is -0.481 e. The van der Waals surface area contributed by atoms with Gasteiger partial charge in [-0.1, -0.05) is 0 Å². The normalized spacial score (nSPS) is 16.6. The van der Waals surface area contributed by atoms with Crippen LogP contribution in [0.4, 0.5) is 4.39 Å². The second kappa shape index (κ2) is 4.51. The minimum absolute atomic E-state index is 0.119. The summed E-state index contributed by atoms with van der Waals surface area (Å²) in [7, 11) is 0. The summed E-state index contributed by atoms with van der Waals surface area (Å²) in [5.74, 6) is 0.0640. The second-order valence-corrected chi connectivity index (χ2v) is 4.00. The van der Waals surface area contributed by atoms with Crippen molar-refractivity contribution >= 4 is 5.91 Å². The fraction of sp³-hybridized carbons (Fsp3) is 0.417. The quantitative estimate of drug-likeness (QED) is 0.846. The molecular weight excluding hydrogens is 209 g/mol. The number of carbonyl (C=O) groups is 1. The topological polar surface area (TPSA) is 38.3 Å². The Kier molecular flexibility index (Phi) is 3.08. The Morgan fingerprint density at radius 3 is 2.62 bits per heavy atom. The zero-order chi connectivity index (χ0) is 11.5. The lowest BCUT2D eigenvalue weighted by molar-refractivity contribution is -0.127. The van der Waals surface area contributed by atoms with Gasteiger partial charge in [-0.05, 0) is 44.0 Å². The molecular formula is C12H14FNO2. The lowest BCUT2D eigenvalue weighted by Gasteiger charge is -2.14. The summed E-state index contributed by atoms with van der Waals surface area (Å²) in [6.07, 6.45) is 1.55. The third-order valence-electron chi connectivity index (χ3n) is 2.42. The molecule has 1 aliphatic rings. The van der Waals surface area contributed by atoms with E-state index in [4.69, 9.17) is 4.74 Å². The molecule has 1 fully saturated rings. The van der Waals surface area contributed by atoms with Gasteiger partial charge in [-0.3, -0.25) is 4.79 Å². The molecule has 1 atom stereocenters. The monoisotopic (exact) mass is 223 g/mol. The Morgan fingerprint density at radius 2 is 2.06 bits per heavy atom. The standard InChI is InChI=1S/C12H14FNO2/c1-8(12(15)14-10-4-5-10)16-11-6-2-9(13)3-7-11/h2-3,6-8,10H,4-5H2,1H3,(H,14,15)/t8-/m1/s1. The molecule has 1 amide bonds. The highest BCUT2D eigenvalue weighted by atomic mass is 19.1. The number of ether oxygens (including phenoxy) is 1. The lowest BCUT2D eigenvalue weighted by atomic mass is 10.3. The van der Waals surface area contributed by atoms with Gasteiger partial charge in [0, 0.05) is 6.04 Å². The highest BCUT2D eigenvalue weighted by Gasteiger charge is 2.26. The molecule has 0 aliphatic heterocycles. The zero-order valence-electron chi connectivity index (χ0n) is 9.07. The van der Waals surface area contributed by atoms with Crippen molar-refractivity contribution in [2.75, 3.05) is 0 Å². The maximum atomic E-state index is 12.6. The molecule has 0 unspecified atom stereocenters. The van der Waals surface area contributed by atoms with E-state index in [0.29, 0.717) is 11.8 Å². The van der Waals surface area contributed by atoms with E-state index in [2.05, 4.69) is 5.32 Å². The fourth-order valence-electron chi connectivity index (χ4n) is 1.32. The Bertz CT molecular complexity index is 373. The molecule has 1 aromatic rings. The van der Waals surface area contributed by atoms with E-state index < -0.39 is 6.10 Å². The summed E-state index contributed by atoms with van der Waals surface area (Å²) in [5, 5.41) is 2.85. The number of halogens is 1. The van der Waals surface area contributed by atoms with Crippen LogP contribution in [0.5, 0.6) is 5.75 Å². The van der Waals surface area contributed by atoms with Crippen molar-refractivity contribution in [2.45, 2.75) is 31.9 Å². The fourth-order valence-corrected chi connectivity index (χ4v) is 1.32. The van der Waals surface area contributed by atoms with Crippen molar-refractivity contribution in [2.24, 2.45) is 0 Å². The first kappa shape index (κ1) is 10.9. The summed E-state index contributed by atoms with van der Waals surface area (Å²) in [4.78, 5) is 11.6.